The molecule has 0 unspecified atom stereocenters. The van der Waals surface area contributed by atoms with Crippen LogP contribution in [0.1, 0.15) is 23.8 Å². The number of carbonyl (C=O) groups excluding carboxylic acids is 1. The Morgan fingerprint density at radius 3 is 2.40 bits per heavy atom. The normalized spacial score (nSPS) is 11.6. The predicted octanol–water partition coefficient (Wildman–Crippen LogP) is 1.85. The number of nitrogens with zero attached hydrogens (tertiary/aromatic N) is 2. The molecule has 0 saturated heterocycles. The lowest BCUT2D eigenvalue weighted by Crippen LogP contribution is -2.43. The van der Waals surface area contributed by atoms with Gasteiger partial charge >= 0.3 is 0 Å². The number of hydrazine groups is 1. The fourth-order valence-corrected chi connectivity index (χ4v) is 3.62. The summed E-state index contributed by atoms with van der Waals surface area (Å²) < 4.78 is 65.7. The van der Waals surface area contributed by atoms with Crippen LogP contribution in [0.3, 0.4) is 0 Å². The predicted molar refractivity (Wildman–Crippen MR) is 100 cm³/mol. The highest BCUT2D eigenvalue weighted by molar-refractivity contribution is 7.89. The van der Waals surface area contributed by atoms with E-state index in [1.165, 1.54) is 12.1 Å². The van der Waals surface area contributed by atoms with E-state index in [0.29, 0.717) is 18.6 Å². The molecule has 0 fully saturated rings. The van der Waals surface area contributed by atoms with Gasteiger partial charge in [-0.1, -0.05) is 25.1 Å². The van der Waals surface area contributed by atoms with E-state index in [4.69, 9.17) is 0 Å². The molecule has 0 aliphatic rings. The molecule has 3 rings (SSSR count). The van der Waals surface area contributed by atoms with Gasteiger partial charge in [0.2, 0.25) is 0 Å². The molecule has 0 aliphatic heterocycles. The molecule has 1 aromatic heterocycles. The smallest absolute Gasteiger partial charge is 0.272 e. The monoisotopic (exact) mass is 440 g/mol. The Morgan fingerprint density at radius 2 is 1.73 bits per heavy atom. The summed E-state index contributed by atoms with van der Waals surface area (Å²) in [7, 11) is -4.77. The number of rotatable bonds is 6. The Kier molecular flexibility index (Phi) is 5.89. The summed E-state index contributed by atoms with van der Waals surface area (Å²) in [4.78, 5) is 25.4. The molecule has 2 aromatic carbocycles. The van der Waals surface area contributed by atoms with Gasteiger partial charge in [0.25, 0.3) is 21.5 Å². The van der Waals surface area contributed by atoms with Crippen LogP contribution in [-0.2, 0) is 16.6 Å². The van der Waals surface area contributed by atoms with E-state index in [1.54, 1.807) is 23.9 Å². The number of halogens is 3. The van der Waals surface area contributed by atoms with Crippen molar-refractivity contribution in [1.29, 1.82) is 0 Å². The van der Waals surface area contributed by atoms with Crippen molar-refractivity contribution in [2.24, 2.45) is 0 Å². The lowest BCUT2D eigenvalue weighted by molar-refractivity contribution is 0.0939. The Hall–Kier alpha value is -3.25. The summed E-state index contributed by atoms with van der Waals surface area (Å²) in [5.41, 5.74) is 1.16. The molecule has 0 atom stereocenters. The van der Waals surface area contributed by atoms with Crippen molar-refractivity contribution in [2.75, 3.05) is 0 Å². The summed E-state index contributed by atoms with van der Waals surface area (Å²) in [6, 6.07) is 7.05. The van der Waals surface area contributed by atoms with Crippen molar-refractivity contribution in [3.63, 3.8) is 0 Å². The minimum absolute atomic E-state index is 0.172. The average Bonchev–Trinajstić information content (AvgIpc) is 2.72. The van der Waals surface area contributed by atoms with Crippen molar-refractivity contribution in [3.8, 4) is 0 Å². The summed E-state index contributed by atoms with van der Waals surface area (Å²) >= 11 is 0. The summed E-state index contributed by atoms with van der Waals surface area (Å²) in [6.45, 7) is 2.02. The van der Waals surface area contributed by atoms with E-state index < -0.39 is 43.8 Å². The third-order valence-electron chi connectivity index (χ3n) is 4.11. The Bertz CT molecular complexity index is 1310. The third kappa shape index (κ3) is 3.91. The van der Waals surface area contributed by atoms with Gasteiger partial charge in [-0.2, -0.15) is 5.10 Å². The fourth-order valence-electron chi connectivity index (χ4n) is 2.71. The maximum Gasteiger partial charge on any atom is 0.287 e. The third-order valence-corrected chi connectivity index (χ3v) is 5.37. The number of aryl methyl sites for hydroxylation is 1. The van der Waals surface area contributed by atoms with E-state index in [9.17, 15) is 31.2 Å². The van der Waals surface area contributed by atoms with Gasteiger partial charge in [-0.25, -0.2) is 26.3 Å². The van der Waals surface area contributed by atoms with E-state index in [-0.39, 0.29) is 23.0 Å². The molecule has 1 amide bonds. The molecule has 158 valence electrons. The van der Waals surface area contributed by atoms with E-state index in [0.717, 1.165) is 4.68 Å². The number of carbonyl (C=O) groups is 1. The zero-order valence-corrected chi connectivity index (χ0v) is 16.3. The highest BCUT2D eigenvalue weighted by Crippen LogP contribution is 2.19. The second-order valence-electron chi connectivity index (χ2n) is 6.16. The van der Waals surface area contributed by atoms with E-state index >= 15 is 0 Å². The van der Waals surface area contributed by atoms with Crippen molar-refractivity contribution in [1.82, 2.24) is 20.0 Å². The van der Waals surface area contributed by atoms with Gasteiger partial charge in [-0.15, -0.1) is 4.83 Å². The minimum atomic E-state index is -4.77. The van der Waals surface area contributed by atoms with Gasteiger partial charge in [0, 0.05) is 11.9 Å². The van der Waals surface area contributed by atoms with Crippen LogP contribution in [0.25, 0.3) is 10.8 Å². The van der Waals surface area contributed by atoms with Crippen LogP contribution in [0, 0.1) is 17.5 Å². The first kappa shape index (κ1) is 21.5. The number of amides is 1. The molecule has 12 heteroatoms. The first-order valence-electron chi connectivity index (χ1n) is 8.63. The Balaban J connectivity index is 1.95. The van der Waals surface area contributed by atoms with Gasteiger partial charge in [0.15, 0.2) is 23.1 Å². The van der Waals surface area contributed by atoms with Crippen molar-refractivity contribution >= 4 is 26.7 Å². The number of nitrogens with one attached hydrogen (secondary N) is 2. The first-order valence-corrected chi connectivity index (χ1v) is 10.1. The van der Waals surface area contributed by atoms with Crippen LogP contribution in [0.15, 0.2) is 46.1 Å². The highest BCUT2D eigenvalue weighted by Gasteiger charge is 2.25. The number of hydrogen-bond donors (Lipinski definition) is 2. The summed E-state index contributed by atoms with van der Waals surface area (Å²) in [5.74, 6) is -6.51. The summed E-state index contributed by atoms with van der Waals surface area (Å²) in [6.07, 6.45) is 0.550. The lowest BCUT2D eigenvalue weighted by atomic mass is 10.1. The van der Waals surface area contributed by atoms with Crippen LogP contribution in [0.5, 0.6) is 0 Å². The molecule has 0 aliphatic carbocycles. The van der Waals surface area contributed by atoms with Crippen molar-refractivity contribution in [3.05, 3.63) is 69.9 Å². The molecular formula is C18H15F3N4O4S. The standard InChI is InChI=1S/C18H15F3N4O4S/c1-2-9-25-18(27)11-6-4-3-5-10(11)16(23-25)17(26)22-24-30(28,29)13-8-7-12(19)14(20)15(13)21/h3-8,24H,2,9H2,1H3,(H,22,26). The maximum absolute atomic E-state index is 13.8. The van der Waals surface area contributed by atoms with Crippen LogP contribution in [0.4, 0.5) is 13.2 Å². The zero-order valence-electron chi connectivity index (χ0n) is 15.4. The Labute approximate surface area is 168 Å². The molecule has 30 heavy (non-hydrogen) atoms. The SMILES string of the molecule is CCCn1nc(C(=O)NNS(=O)(=O)c2ccc(F)c(F)c2F)c2ccccc2c1=O. The van der Waals surface area contributed by atoms with Gasteiger partial charge in [0.05, 0.1) is 5.39 Å². The molecule has 2 N–H and O–H groups in total. The maximum atomic E-state index is 13.8. The molecule has 0 radical (unpaired) electrons. The number of hydrogen-bond acceptors (Lipinski definition) is 5. The zero-order chi connectivity index (χ0) is 22.1. The van der Waals surface area contributed by atoms with Crippen molar-refractivity contribution < 1.29 is 26.4 Å². The molecular weight excluding hydrogens is 425 g/mol. The van der Waals surface area contributed by atoms with Crippen molar-refractivity contribution in [2.45, 2.75) is 24.8 Å². The number of benzene rings is 2. The van der Waals surface area contributed by atoms with Gasteiger partial charge in [-0.3, -0.25) is 15.0 Å². The topological polar surface area (TPSA) is 110 Å². The quantitative estimate of drug-likeness (QED) is 0.449. The molecule has 0 spiro atoms. The summed E-state index contributed by atoms with van der Waals surface area (Å²) in [5, 5.41) is 4.35. The molecule has 0 saturated carbocycles. The minimum Gasteiger partial charge on any atom is -0.272 e. The molecule has 3 aromatic rings. The second-order valence-corrected chi connectivity index (χ2v) is 7.81. The second kappa shape index (κ2) is 8.24. The van der Waals surface area contributed by atoms with E-state index in [2.05, 4.69) is 5.10 Å². The molecule has 0 bridgehead atoms. The van der Waals surface area contributed by atoms with Gasteiger partial charge in [-0.05, 0) is 24.6 Å². The molecule has 1 heterocycles. The Morgan fingerprint density at radius 1 is 1.07 bits per heavy atom. The van der Waals surface area contributed by atoms with Crippen LogP contribution >= 0.6 is 0 Å². The van der Waals surface area contributed by atoms with Gasteiger partial charge in [0.1, 0.15) is 4.90 Å². The van der Waals surface area contributed by atoms with Crippen LogP contribution in [0.2, 0.25) is 0 Å². The van der Waals surface area contributed by atoms with Crippen LogP contribution < -0.4 is 15.8 Å². The number of aromatic nitrogens is 2. The van der Waals surface area contributed by atoms with Gasteiger partial charge < -0.3 is 0 Å². The van der Waals surface area contributed by atoms with E-state index in [1.807, 2.05) is 5.43 Å². The highest BCUT2D eigenvalue weighted by atomic mass is 32.2. The number of sulfonamides is 1. The fraction of sp³-hybridized carbons (Fsp3) is 0.167. The first-order chi connectivity index (χ1) is 14.2. The average molecular weight is 440 g/mol. The largest absolute Gasteiger partial charge is 0.287 e. The lowest BCUT2D eigenvalue weighted by Gasteiger charge is -2.12. The number of fused-ring (bicyclic) bond motifs is 1. The molecule has 8 nitrogen and oxygen atoms in total. The van der Waals surface area contributed by atoms with Crippen LogP contribution in [-0.4, -0.2) is 24.1 Å².